The highest BCUT2D eigenvalue weighted by atomic mass is 35.5. The van der Waals surface area contributed by atoms with Crippen molar-refractivity contribution in [1.82, 2.24) is 4.90 Å². The van der Waals surface area contributed by atoms with Gasteiger partial charge in [0.25, 0.3) is 0 Å². The maximum atomic E-state index is 12.0. The Kier molecular flexibility index (Phi) is 5.25. The van der Waals surface area contributed by atoms with E-state index in [0.29, 0.717) is 21.4 Å². The fraction of sp³-hybridized carbons (Fsp3) is 0.455. The number of nitrogens with two attached hydrogens (primary N) is 1. The van der Waals surface area contributed by atoms with Gasteiger partial charge in [-0.1, -0.05) is 11.6 Å². The van der Waals surface area contributed by atoms with Crippen LogP contribution in [-0.4, -0.2) is 35.5 Å². The number of benzene rings is 1. The van der Waals surface area contributed by atoms with Crippen molar-refractivity contribution < 1.29 is 4.21 Å². The Bertz CT molecular complexity index is 382. The maximum Gasteiger partial charge on any atom is 0.0632 e. The molecular weight excluding hydrogens is 244 g/mol. The highest BCUT2D eigenvalue weighted by Crippen LogP contribution is 2.21. The predicted octanol–water partition coefficient (Wildman–Crippen LogP) is 1.98. The van der Waals surface area contributed by atoms with E-state index in [4.69, 9.17) is 17.3 Å². The van der Waals surface area contributed by atoms with E-state index in [1.807, 2.05) is 14.1 Å². The van der Waals surface area contributed by atoms with Gasteiger partial charge in [0, 0.05) is 16.5 Å². The summed E-state index contributed by atoms with van der Waals surface area (Å²) in [6.07, 6.45) is 0.881. The van der Waals surface area contributed by atoms with Gasteiger partial charge in [-0.2, -0.15) is 0 Å². The molecule has 2 N–H and O–H groups in total. The van der Waals surface area contributed by atoms with Crippen LogP contribution in [0.2, 0.25) is 5.02 Å². The van der Waals surface area contributed by atoms with Crippen molar-refractivity contribution in [1.29, 1.82) is 0 Å². The molecule has 90 valence electrons. The van der Waals surface area contributed by atoms with Crippen molar-refractivity contribution in [2.45, 2.75) is 11.3 Å². The van der Waals surface area contributed by atoms with E-state index >= 15 is 0 Å². The number of hydrogen-bond acceptors (Lipinski definition) is 3. The lowest BCUT2D eigenvalue weighted by Gasteiger charge is -2.10. The minimum absolute atomic E-state index is 0.549. The number of nitrogens with zero attached hydrogens (tertiary/aromatic N) is 1. The fourth-order valence-electron chi connectivity index (χ4n) is 1.33. The van der Waals surface area contributed by atoms with E-state index in [1.165, 1.54) is 0 Å². The summed E-state index contributed by atoms with van der Waals surface area (Å²) >= 11 is 5.85. The number of rotatable bonds is 5. The molecule has 0 aromatic heterocycles. The second kappa shape index (κ2) is 6.23. The Morgan fingerprint density at radius 3 is 2.75 bits per heavy atom. The molecule has 1 atom stereocenters. The summed E-state index contributed by atoms with van der Waals surface area (Å²) in [4.78, 5) is 2.71. The first-order chi connectivity index (χ1) is 7.50. The monoisotopic (exact) mass is 260 g/mol. The van der Waals surface area contributed by atoms with Crippen LogP contribution in [-0.2, 0) is 10.8 Å². The molecule has 16 heavy (non-hydrogen) atoms. The van der Waals surface area contributed by atoms with E-state index in [9.17, 15) is 4.21 Å². The molecule has 3 nitrogen and oxygen atoms in total. The first-order valence-electron chi connectivity index (χ1n) is 5.09. The Balaban J connectivity index is 2.62. The quantitative estimate of drug-likeness (QED) is 0.824. The van der Waals surface area contributed by atoms with Crippen molar-refractivity contribution in [2.75, 3.05) is 32.1 Å². The molecule has 0 amide bonds. The number of hydrogen-bond donors (Lipinski definition) is 1. The standard InChI is InChI=1S/C11H17ClN2OS/c1-14(2)6-3-7-16(15)11-8-9(12)4-5-10(11)13/h4-5,8H,3,6-7,13H2,1-2H3. The third-order valence-electron chi connectivity index (χ3n) is 2.16. The van der Waals surface area contributed by atoms with Crippen molar-refractivity contribution in [3.05, 3.63) is 23.2 Å². The van der Waals surface area contributed by atoms with Crippen LogP contribution in [0.5, 0.6) is 0 Å². The summed E-state index contributed by atoms with van der Waals surface area (Å²) in [5.41, 5.74) is 6.31. The summed E-state index contributed by atoms with van der Waals surface area (Å²) in [5, 5.41) is 0.574. The van der Waals surface area contributed by atoms with Gasteiger partial charge in [-0.05, 0) is 45.3 Å². The fourth-order valence-corrected chi connectivity index (χ4v) is 2.76. The van der Waals surface area contributed by atoms with Gasteiger partial charge >= 0.3 is 0 Å². The molecule has 0 aliphatic carbocycles. The molecule has 0 fully saturated rings. The summed E-state index contributed by atoms with van der Waals surface area (Å²) in [6, 6.07) is 5.08. The minimum Gasteiger partial charge on any atom is -0.398 e. The van der Waals surface area contributed by atoms with Gasteiger partial charge in [0.05, 0.1) is 15.7 Å². The number of halogens is 1. The highest BCUT2D eigenvalue weighted by molar-refractivity contribution is 7.85. The highest BCUT2D eigenvalue weighted by Gasteiger charge is 2.08. The molecular formula is C11H17ClN2OS. The van der Waals surface area contributed by atoms with Crippen molar-refractivity contribution >= 4 is 28.1 Å². The first kappa shape index (κ1) is 13.5. The van der Waals surface area contributed by atoms with Crippen LogP contribution < -0.4 is 5.73 Å². The molecule has 0 saturated carbocycles. The van der Waals surface area contributed by atoms with E-state index < -0.39 is 10.8 Å². The third kappa shape index (κ3) is 4.12. The van der Waals surface area contributed by atoms with Crippen LogP contribution >= 0.6 is 11.6 Å². The molecule has 0 aliphatic rings. The van der Waals surface area contributed by atoms with Crippen LogP contribution in [0.15, 0.2) is 23.1 Å². The summed E-state index contributed by atoms with van der Waals surface area (Å²) in [7, 11) is 2.94. The molecule has 5 heteroatoms. The molecule has 0 aliphatic heterocycles. The van der Waals surface area contributed by atoms with Gasteiger partial charge in [0.1, 0.15) is 0 Å². The molecule has 0 bridgehead atoms. The first-order valence-corrected chi connectivity index (χ1v) is 6.78. The largest absolute Gasteiger partial charge is 0.398 e. The number of nitrogen functional groups attached to an aromatic ring is 1. The lowest BCUT2D eigenvalue weighted by atomic mass is 10.3. The van der Waals surface area contributed by atoms with E-state index in [0.717, 1.165) is 13.0 Å². The molecule has 1 unspecified atom stereocenters. The topological polar surface area (TPSA) is 46.3 Å². The summed E-state index contributed by atoms with van der Waals surface area (Å²) < 4.78 is 12.0. The lowest BCUT2D eigenvalue weighted by Crippen LogP contribution is -2.15. The third-order valence-corrected chi connectivity index (χ3v) is 3.89. The molecule has 0 spiro atoms. The molecule has 0 saturated heterocycles. The van der Waals surface area contributed by atoms with Crippen LogP contribution in [0.25, 0.3) is 0 Å². The molecule has 0 radical (unpaired) electrons. The average molecular weight is 261 g/mol. The minimum atomic E-state index is -1.06. The van der Waals surface area contributed by atoms with Gasteiger partial charge in [-0.3, -0.25) is 4.21 Å². The SMILES string of the molecule is CN(C)CCCS(=O)c1cc(Cl)ccc1N. The zero-order valence-corrected chi connectivity index (χ0v) is 11.1. The van der Waals surface area contributed by atoms with E-state index in [-0.39, 0.29) is 0 Å². The Labute approximate surface area is 104 Å². The van der Waals surface area contributed by atoms with Crippen LogP contribution in [0, 0.1) is 0 Å². The Morgan fingerprint density at radius 1 is 1.44 bits per heavy atom. The van der Waals surface area contributed by atoms with Crippen LogP contribution in [0.4, 0.5) is 5.69 Å². The second-order valence-corrected chi connectivity index (χ2v) is 5.86. The van der Waals surface area contributed by atoms with E-state index in [1.54, 1.807) is 18.2 Å². The Morgan fingerprint density at radius 2 is 2.12 bits per heavy atom. The van der Waals surface area contributed by atoms with Crippen LogP contribution in [0.3, 0.4) is 0 Å². The van der Waals surface area contributed by atoms with Gasteiger partial charge in [-0.15, -0.1) is 0 Å². The van der Waals surface area contributed by atoms with E-state index in [2.05, 4.69) is 4.90 Å². The zero-order valence-electron chi connectivity index (χ0n) is 9.57. The summed E-state index contributed by atoms with van der Waals surface area (Å²) in [6.45, 7) is 0.923. The zero-order chi connectivity index (χ0) is 12.1. The predicted molar refractivity (Wildman–Crippen MR) is 70.3 cm³/mol. The summed E-state index contributed by atoms with van der Waals surface area (Å²) in [5.74, 6) is 0.614. The van der Waals surface area contributed by atoms with Gasteiger partial charge < -0.3 is 10.6 Å². The normalized spacial score (nSPS) is 13.0. The maximum absolute atomic E-state index is 12.0. The van der Waals surface area contributed by atoms with Gasteiger partial charge in [-0.25, -0.2) is 0 Å². The van der Waals surface area contributed by atoms with Crippen molar-refractivity contribution in [3.8, 4) is 0 Å². The van der Waals surface area contributed by atoms with Gasteiger partial charge in [0.15, 0.2) is 0 Å². The number of anilines is 1. The smallest absolute Gasteiger partial charge is 0.0632 e. The van der Waals surface area contributed by atoms with Gasteiger partial charge in [0.2, 0.25) is 0 Å². The Hall–Kier alpha value is -0.580. The second-order valence-electron chi connectivity index (χ2n) is 3.89. The molecule has 0 heterocycles. The molecule has 1 rings (SSSR count). The average Bonchev–Trinajstić information content (AvgIpc) is 2.21. The van der Waals surface area contributed by atoms with Crippen molar-refractivity contribution in [2.24, 2.45) is 0 Å². The molecule has 1 aromatic carbocycles. The van der Waals surface area contributed by atoms with Crippen molar-refractivity contribution in [3.63, 3.8) is 0 Å². The lowest BCUT2D eigenvalue weighted by molar-refractivity contribution is 0.409. The molecule has 1 aromatic rings. The van der Waals surface area contributed by atoms with Crippen LogP contribution in [0.1, 0.15) is 6.42 Å².